The molecule has 2 rings (SSSR count). The number of methoxy groups -OCH3 is 2. The molecular weight excluding hydrogens is 338 g/mol. The van der Waals surface area contributed by atoms with Gasteiger partial charge in [-0.1, -0.05) is 0 Å². The number of amides is 2. The summed E-state index contributed by atoms with van der Waals surface area (Å²) in [5.74, 6) is 1.35. The van der Waals surface area contributed by atoms with E-state index in [0.717, 1.165) is 44.2 Å². The van der Waals surface area contributed by atoms with Crippen LogP contribution in [0.1, 0.15) is 6.92 Å². The van der Waals surface area contributed by atoms with Crippen molar-refractivity contribution in [1.29, 1.82) is 0 Å². The monoisotopic (exact) mass is 367 g/mol. The Morgan fingerprint density at radius 3 is 2.27 bits per heavy atom. The van der Waals surface area contributed by atoms with Crippen LogP contribution in [-0.4, -0.2) is 71.6 Å². The first-order chi connectivity index (χ1) is 12.5. The Morgan fingerprint density at radius 1 is 1.08 bits per heavy atom. The molecule has 1 fully saturated rings. The van der Waals surface area contributed by atoms with E-state index in [4.69, 9.17) is 9.47 Å². The summed E-state index contributed by atoms with van der Waals surface area (Å²) in [4.78, 5) is 25.8. The molecule has 0 saturated carbocycles. The Hall–Kier alpha value is -2.32. The molecule has 0 radical (unpaired) electrons. The normalized spacial score (nSPS) is 20.7. The van der Waals surface area contributed by atoms with Crippen molar-refractivity contribution in [2.75, 3.05) is 53.6 Å². The minimum atomic E-state index is -0.707. The highest BCUT2D eigenvalue weighted by Gasteiger charge is 2.31. The quantitative estimate of drug-likeness (QED) is 0.526. The number of ether oxygens (including phenoxy) is 3. The third kappa shape index (κ3) is 5.89. The number of quaternary nitrogens is 2. The van der Waals surface area contributed by atoms with Gasteiger partial charge >= 0.3 is 6.09 Å². The van der Waals surface area contributed by atoms with E-state index in [9.17, 15) is 9.59 Å². The average molecular weight is 367 g/mol. The summed E-state index contributed by atoms with van der Waals surface area (Å²) < 4.78 is 15.4. The summed E-state index contributed by atoms with van der Waals surface area (Å²) in [6.45, 7) is 7.11. The van der Waals surface area contributed by atoms with Crippen molar-refractivity contribution in [3.63, 3.8) is 0 Å². The summed E-state index contributed by atoms with van der Waals surface area (Å²) in [5.41, 5.74) is 0. The zero-order valence-electron chi connectivity index (χ0n) is 15.7. The molecule has 1 aliphatic rings. The van der Waals surface area contributed by atoms with Crippen LogP contribution in [-0.2, 0) is 9.53 Å². The largest absolute Gasteiger partial charge is 0.497 e. The van der Waals surface area contributed by atoms with Crippen molar-refractivity contribution in [2.24, 2.45) is 0 Å². The van der Waals surface area contributed by atoms with E-state index in [1.54, 1.807) is 7.11 Å². The molecule has 0 unspecified atom stereocenters. The molecule has 144 valence electrons. The van der Waals surface area contributed by atoms with Crippen molar-refractivity contribution in [3.05, 3.63) is 24.3 Å². The van der Waals surface area contributed by atoms with Gasteiger partial charge in [-0.3, -0.25) is 10.1 Å². The number of benzene rings is 1. The van der Waals surface area contributed by atoms with E-state index in [0.29, 0.717) is 6.61 Å². The lowest BCUT2D eigenvalue weighted by Gasteiger charge is -2.32. The Labute approximate surface area is 154 Å². The zero-order chi connectivity index (χ0) is 18.9. The number of alkyl carbamates (subject to hydrolysis) is 1. The van der Waals surface area contributed by atoms with Gasteiger partial charge in [0.05, 0.1) is 14.2 Å². The van der Waals surface area contributed by atoms with Crippen LogP contribution in [0, 0.1) is 0 Å². The first kappa shape index (κ1) is 20.0. The standard InChI is InChI=1S/C18H27N3O5/c1-14(17(22)19-18(23)25-3)21-10-8-20(9-11-21)12-13-26-16-6-4-15(24-2)5-7-16/h4-7,14H,8-13H2,1-3H3,(H,19,22,23)/p+2/t14-/m0/s1. The SMILES string of the molecule is COC(=O)NC(=O)[C@H](C)[NH+]1CC[NH+](CCOc2ccc(OC)cc2)CC1. The number of hydrogen-bond acceptors (Lipinski definition) is 5. The van der Waals surface area contributed by atoms with E-state index in [2.05, 4.69) is 10.1 Å². The molecule has 1 aromatic rings. The summed E-state index contributed by atoms with van der Waals surface area (Å²) >= 11 is 0. The highest BCUT2D eigenvalue weighted by Crippen LogP contribution is 2.16. The summed E-state index contributed by atoms with van der Waals surface area (Å²) in [6.07, 6.45) is -0.707. The fourth-order valence-electron chi connectivity index (χ4n) is 3.04. The predicted molar refractivity (Wildman–Crippen MR) is 94.8 cm³/mol. The maximum atomic E-state index is 12.0. The van der Waals surface area contributed by atoms with Gasteiger partial charge < -0.3 is 24.0 Å². The lowest BCUT2D eigenvalue weighted by Crippen LogP contribution is -3.30. The smallest absolute Gasteiger partial charge is 0.413 e. The predicted octanol–water partition coefficient (Wildman–Crippen LogP) is -1.87. The molecule has 0 bridgehead atoms. The first-order valence-electron chi connectivity index (χ1n) is 8.87. The van der Waals surface area contributed by atoms with Crippen molar-refractivity contribution >= 4 is 12.0 Å². The third-order valence-corrected chi connectivity index (χ3v) is 4.80. The molecular formula is C18H29N3O5+2. The Bertz CT molecular complexity index is 585. The maximum absolute atomic E-state index is 12.0. The molecule has 0 spiro atoms. The molecule has 1 aliphatic heterocycles. The van der Waals surface area contributed by atoms with Crippen LogP contribution in [0.3, 0.4) is 0 Å². The van der Waals surface area contributed by atoms with Crippen LogP contribution in [0.4, 0.5) is 4.79 Å². The van der Waals surface area contributed by atoms with E-state index >= 15 is 0 Å². The second kappa shape index (κ2) is 9.98. The minimum absolute atomic E-state index is 0.272. The molecule has 2 amide bonds. The lowest BCUT2D eigenvalue weighted by atomic mass is 10.2. The average Bonchev–Trinajstić information content (AvgIpc) is 2.68. The summed E-state index contributed by atoms with van der Waals surface area (Å²) in [5, 5.41) is 2.24. The summed E-state index contributed by atoms with van der Waals surface area (Å²) in [6, 6.07) is 7.29. The topological polar surface area (TPSA) is 82.7 Å². The molecule has 0 aliphatic carbocycles. The van der Waals surface area contributed by atoms with Crippen molar-refractivity contribution in [2.45, 2.75) is 13.0 Å². The molecule has 1 atom stereocenters. The van der Waals surface area contributed by atoms with E-state index in [1.807, 2.05) is 31.2 Å². The molecule has 0 aromatic heterocycles. The van der Waals surface area contributed by atoms with Crippen LogP contribution < -0.4 is 24.6 Å². The van der Waals surface area contributed by atoms with Gasteiger partial charge in [0.1, 0.15) is 50.8 Å². The van der Waals surface area contributed by atoms with Gasteiger partial charge in [-0.2, -0.15) is 0 Å². The fourth-order valence-corrected chi connectivity index (χ4v) is 3.04. The maximum Gasteiger partial charge on any atom is 0.413 e. The van der Waals surface area contributed by atoms with Crippen LogP contribution in [0.15, 0.2) is 24.3 Å². The highest BCUT2D eigenvalue weighted by molar-refractivity contribution is 5.93. The number of carbonyl (C=O) groups excluding carboxylic acids is 2. The number of carbonyl (C=O) groups is 2. The minimum Gasteiger partial charge on any atom is -0.497 e. The second-order valence-corrected chi connectivity index (χ2v) is 6.38. The lowest BCUT2D eigenvalue weighted by molar-refractivity contribution is -1.02. The second-order valence-electron chi connectivity index (χ2n) is 6.38. The molecule has 1 saturated heterocycles. The molecule has 3 N–H and O–H groups in total. The van der Waals surface area contributed by atoms with Gasteiger partial charge in [0.25, 0.3) is 5.91 Å². The third-order valence-electron chi connectivity index (χ3n) is 4.80. The van der Waals surface area contributed by atoms with Crippen LogP contribution in [0.2, 0.25) is 0 Å². The van der Waals surface area contributed by atoms with E-state index in [-0.39, 0.29) is 11.9 Å². The Kier molecular flexibility index (Phi) is 7.68. The Morgan fingerprint density at radius 2 is 1.69 bits per heavy atom. The molecule has 1 aromatic carbocycles. The molecule has 8 nitrogen and oxygen atoms in total. The van der Waals surface area contributed by atoms with Gasteiger partial charge in [0.2, 0.25) is 0 Å². The first-order valence-corrected chi connectivity index (χ1v) is 8.87. The van der Waals surface area contributed by atoms with Crippen LogP contribution in [0.25, 0.3) is 0 Å². The highest BCUT2D eigenvalue weighted by atomic mass is 16.5. The molecule has 8 heteroatoms. The van der Waals surface area contributed by atoms with Gasteiger partial charge in [-0.25, -0.2) is 4.79 Å². The van der Waals surface area contributed by atoms with Crippen LogP contribution >= 0.6 is 0 Å². The van der Waals surface area contributed by atoms with Crippen molar-refractivity contribution < 1.29 is 33.6 Å². The van der Waals surface area contributed by atoms with Crippen molar-refractivity contribution in [3.8, 4) is 11.5 Å². The van der Waals surface area contributed by atoms with Crippen LogP contribution in [0.5, 0.6) is 11.5 Å². The van der Waals surface area contributed by atoms with E-state index < -0.39 is 6.09 Å². The zero-order valence-corrected chi connectivity index (χ0v) is 15.7. The van der Waals surface area contributed by atoms with Gasteiger partial charge in [-0.05, 0) is 31.2 Å². The Balaban J connectivity index is 1.67. The van der Waals surface area contributed by atoms with E-state index in [1.165, 1.54) is 16.9 Å². The number of nitrogens with one attached hydrogen (secondary N) is 3. The molecule has 1 heterocycles. The number of imide groups is 1. The summed E-state index contributed by atoms with van der Waals surface area (Å²) in [7, 11) is 2.89. The fraction of sp³-hybridized carbons (Fsp3) is 0.556. The van der Waals surface area contributed by atoms with Gasteiger partial charge in [0.15, 0.2) is 6.04 Å². The van der Waals surface area contributed by atoms with Crippen molar-refractivity contribution in [1.82, 2.24) is 5.32 Å². The van der Waals surface area contributed by atoms with Gasteiger partial charge in [0, 0.05) is 0 Å². The number of piperazine rings is 1. The number of rotatable bonds is 7. The molecule has 26 heavy (non-hydrogen) atoms. The number of hydrogen-bond donors (Lipinski definition) is 3. The van der Waals surface area contributed by atoms with Gasteiger partial charge in [-0.15, -0.1) is 0 Å².